The summed E-state index contributed by atoms with van der Waals surface area (Å²) in [7, 11) is 1.69. The van der Waals surface area contributed by atoms with Crippen molar-refractivity contribution in [2.24, 2.45) is 0 Å². The van der Waals surface area contributed by atoms with E-state index in [2.05, 4.69) is 5.32 Å². The molecule has 160 valence electrons. The molecule has 1 unspecified atom stereocenters. The molecule has 0 bridgehead atoms. The molecule has 0 aliphatic carbocycles. The number of carbonyl (C=O) groups is 2. The van der Waals surface area contributed by atoms with Crippen molar-refractivity contribution in [3.63, 3.8) is 0 Å². The molecule has 0 spiro atoms. The Morgan fingerprint density at radius 1 is 1.03 bits per heavy atom. The van der Waals surface area contributed by atoms with Gasteiger partial charge in [0.15, 0.2) is 0 Å². The normalized spacial score (nSPS) is 11.6. The van der Waals surface area contributed by atoms with Gasteiger partial charge in [0.05, 0.1) is 0 Å². The Hall–Kier alpha value is -3.74. The lowest BCUT2D eigenvalue weighted by Crippen LogP contribution is -2.37. The number of rotatable bonds is 7. The number of amides is 2. The third kappa shape index (κ3) is 5.66. The van der Waals surface area contributed by atoms with E-state index in [4.69, 9.17) is 0 Å². The number of hydrogen-bond acceptors (Lipinski definition) is 3. The summed E-state index contributed by atoms with van der Waals surface area (Å²) < 4.78 is 14.2. The summed E-state index contributed by atoms with van der Waals surface area (Å²) in [5.74, 6) is -1.14. The van der Waals surface area contributed by atoms with Crippen molar-refractivity contribution in [1.29, 1.82) is 0 Å². The van der Waals surface area contributed by atoms with E-state index < -0.39 is 17.3 Å². The van der Waals surface area contributed by atoms with Gasteiger partial charge in [-0.1, -0.05) is 37.3 Å². The van der Waals surface area contributed by atoms with E-state index in [-0.39, 0.29) is 23.9 Å². The van der Waals surface area contributed by atoms with Crippen LogP contribution in [0.1, 0.15) is 28.8 Å². The summed E-state index contributed by atoms with van der Waals surface area (Å²) in [5, 5.41) is 2.56. The quantitative estimate of drug-likeness (QED) is 0.635. The maximum Gasteiger partial charge on any atom is 0.263 e. The Kier molecular flexibility index (Phi) is 6.97. The predicted octanol–water partition coefficient (Wildman–Crippen LogP) is 3.50. The van der Waals surface area contributed by atoms with Crippen molar-refractivity contribution in [3.05, 3.63) is 100 Å². The molecule has 0 radical (unpaired) electrons. The number of anilines is 1. The molecule has 1 atom stereocenters. The summed E-state index contributed by atoms with van der Waals surface area (Å²) >= 11 is 0. The Bertz CT molecular complexity index is 1110. The third-order valence-corrected chi connectivity index (χ3v) is 5.01. The molecule has 3 rings (SSSR count). The smallest absolute Gasteiger partial charge is 0.263 e. The molecule has 0 fully saturated rings. The molecule has 3 aromatic rings. The lowest BCUT2D eigenvalue weighted by molar-refractivity contribution is -0.130. The molecule has 0 saturated heterocycles. The van der Waals surface area contributed by atoms with Crippen LogP contribution in [0.5, 0.6) is 0 Å². The highest BCUT2D eigenvalue weighted by Gasteiger charge is 2.17. The number of likely N-dealkylation sites (N-methyl/N-ethyl adjacent to an activating group) is 1. The summed E-state index contributed by atoms with van der Waals surface area (Å²) in [5.41, 5.74) is 0.825. The Morgan fingerprint density at radius 3 is 2.39 bits per heavy atom. The maximum absolute atomic E-state index is 13.0. The molecule has 1 N–H and O–H groups in total. The minimum absolute atomic E-state index is 0.0973. The van der Waals surface area contributed by atoms with Crippen molar-refractivity contribution in [1.82, 2.24) is 9.47 Å². The lowest BCUT2D eigenvalue weighted by Gasteiger charge is -2.22. The standard InChI is InChI=1S/C24H24FN3O3/c1-17(18-7-4-3-5-8-18)15-27(2)22(29)16-28-14-6-9-21(24(28)31)23(30)26-20-12-10-19(25)11-13-20/h3-14,17H,15-16H2,1-2H3,(H,26,30). The van der Waals surface area contributed by atoms with Crippen molar-refractivity contribution in [3.8, 4) is 0 Å². The van der Waals surface area contributed by atoms with E-state index in [1.807, 2.05) is 37.3 Å². The van der Waals surface area contributed by atoms with Crippen LogP contribution < -0.4 is 10.9 Å². The van der Waals surface area contributed by atoms with Gasteiger partial charge in [0.1, 0.15) is 17.9 Å². The van der Waals surface area contributed by atoms with Gasteiger partial charge in [-0.2, -0.15) is 0 Å². The van der Waals surface area contributed by atoms with Gasteiger partial charge in [-0.05, 0) is 47.9 Å². The molecule has 1 aromatic heterocycles. The average molecular weight is 421 g/mol. The largest absolute Gasteiger partial charge is 0.344 e. The fourth-order valence-electron chi connectivity index (χ4n) is 3.23. The van der Waals surface area contributed by atoms with Crippen LogP contribution in [0.25, 0.3) is 0 Å². The second-order valence-corrected chi connectivity index (χ2v) is 7.40. The molecule has 0 saturated carbocycles. The molecule has 2 aromatic carbocycles. The van der Waals surface area contributed by atoms with Crippen molar-refractivity contribution >= 4 is 17.5 Å². The molecule has 31 heavy (non-hydrogen) atoms. The van der Waals surface area contributed by atoms with Crippen molar-refractivity contribution in [2.45, 2.75) is 19.4 Å². The zero-order valence-corrected chi connectivity index (χ0v) is 17.4. The molecule has 0 aliphatic rings. The number of benzene rings is 2. The molecule has 1 heterocycles. The van der Waals surface area contributed by atoms with Crippen LogP contribution >= 0.6 is 0 Å². The maximum atomic E-state index is 13.0. The first-order valence-electron chi connectivity index (χ1n) is 9.90. The van der Waals surface area contributed by atoms with Crippen LogP contribution in [-0.4, -0.2) is 34.9 Å². The number of nitrogens with zero attached hydrogens (tertiary/aromatic N) is 2. The van der Waals surface area contributed by atoms with Crippen LogP contribution in [0.3, 0.4) is 0 Å². The minimum Gasteiger partial charge on any atom is -0.344 e. The highest BCUT2D eigenvalue weighted by atomic mass is 19.1. The number of pyridine rings is 1. The Morgan fingerprint density at radius 2 is 1.71 bits per heavy atom. The predicted molar refractivity (Wildman–Crippen MR) is 118 cm³/mol. The van der Waals surface area contributed by atoms with Gasteiger partial charge < -0.3 is 14.8 Å². The van der Waals surface area contributed by atoms with Gasteiger partial charge in [0, 0.05) is 25.5 Å². The van der Waals surface area contributed by atoms with E-state index >= 15 is 0 Å². The van der Waals surface area contributed by atoms with Crippen molar-refractivity contribution < 1.29 is 14.0 Å². The van der Waals surface area contributed by atoms with E-state index in [1.54, 1.807) is 18.0 Å². The number of carbonyl (C=O) groups excluding carboxylic acids is 2. The topological polar surface area (TPSA) is 71.4 Å². The number of aromatic nitrogens is 1. The van der Waals surface area contributed by atoms with Crippen LogP contribution in [0.15, 0.2) is 77.7 Å². The molecule has 6 nitrogen and oxygen atoms in total. The van der Waals surface area contributed by atoms with Crippen LogP contribution in [-0.2, 0) is 11.3 Å². The second kappa shape index (κ2) is 9.84. The van der Waals surface area contributed by atoms with E-state index in [0.29, 0.717) is 12.2 Å². The SMILES string of the molecule is CC(CN(C)C(=O)Cn1cccc(C(=O)Nc2ccc(F)cc2)c1=O)c1ccccc1. The first-order chi connectivity index (χ1) is 14.8. The fraction of sp³-hybridized carbons (Fsp3) is 0.208. The molecule has 0 aliphatic heterocycles. The Labute approximate surface area is 179 Å². The van der Waals surface area contributed by atoms with Gasteiger partial charge >= 0.3 is 0 Å². The summed E-state index contributed by atoms with van der Waals surface area (Å²) in [6.07, 6.45) is 1.48. The van der Waals surface area contributed by atoms with E-state index in [9.17, 15) is 18.8 Å². The van der Waals surface area contributed by atoms with Gasteiger partial charge in [-0.3, -0.25) is 14.4 Å². The zero-order chi connectivity index (χ0) is 22.4. The van der Waals surface area contributed by atoms with Crippen molar-refractivity contribution in [2.75, 3.05) is 18.9 Å². The zero-order valence-electron chi connectivity index (χ0n) is 17.4. The molecular weight excluding hydrogens is 397 g/mol. The summed E-state index contributed by atoms with van der Waals surface area (Å²) in [4.78, 5) is 39.5. The highest BCUT2D eigenvalue weighted by Crippen LogP contribution is 2.15. The Balaban J connectivity index is 1.67. The lowest BCUT2D eigenvalue weighted by atomic mass is 10.0. The minimum atomic E-state index is -0.621. The average Bonchev–Trinajstić information content (AvgIpc) is 2.77. The van der Waals surface area contributed by atoms with E-state index in [0.717, 1.165) is 5.56 Å². The van der Waals surface area contributed by atoms with Crippen LogP contribution in [0.2, 0.25) is 0 Å². The van der Waals surface area contributed by atoms with E-state index in [1.165, 1.54) is 41.1 Å². The highest BCUT2D eigenvalue weighted by molar-refractivity contribution is 6.04. The second-order valence-electron chi connectivity index (χ2n) is 7.40. The molecule has 7 heteroatoms. The van der Waals surface area contributed by atoms with Crippen LogP contribution in [0.4, 0.5) is 10.1 Å². The first-order valence-corrected chi connectivity index (χ1v) is 9.90. The fourth-order valence-corrected chi connectivity index (χ4v) is 3.23. The monoisotopic (exact) mass is 421 g/mol. The van der Waals surface area contributed by atoms with Crippen LogP contribution in [0, 0.1) is 5.82 Å². The first kappa shape index (κ1) is 22.0. The molecular formula is C24H24FN3O3. The molecule has 2 amide bonds. The summed E-state index contributed by atoms with van der Waals surface area (Å²) in [6.45, 7) is 2.36. The third-order valence-electron chi connectivity index (χ3n) is 5.01. The van der Waals surface area contributed by atoms with Gasteiger partial charge in [0.25, 0.3) is 11.5 Å². The number of nitrogens with one attached hydrogen (secondary N) is 1. The number of halogens is 1. The van der Waals surface area contributed by atoms with Gasteiger partial charge in [-0.25, -0.2) is 4.39 Å². The number of hydrogen-bond donors (Lipinski definition) is 1. The van der Waals surface area contributed by atoms with Gasteiger partial charge in [-0.15, -0.1) is 0 Å². The summed E-state index contributed by atoms with van der Waals surface area (Å²) in [6, 6.07) is 18.0. The van der Waals surface area contributed by atoms with Gasteiger partial charge in [0.2, 0.25) is 5.91 Å².